The van der Waals surface area contributed by atoms with Crippen LogP contribution in [0.15, 0.2) is 13.9 Å². The van der Waals surface area contributed by atoms with Crippen molar-refractivity contribution >= 4 is 10.0 Å². The van der Waals surface area contributed by atoms with Gasteiger partial charge < -0.3 is 9.05 Å². The van der Waals surface area contributed by atoms with E-state index in [-0.39, 0.29) is 11.4 Å². The highest BCUT2D eigenvalue weighted by molar-refractivity contribution is 7.89. The van der Waals surface area contributed by atoms with Crippen LogP contribution in [0.5, 0.6) is 0 Å². The van der Waals surface area contributed by atoms with Crippen molar-refractivity contribution < 1.29 is 17.5 Å². The van der Waals surface area contributed by atoms with E-state index in [9.17, 15) is 8.42 Å². The van der Waals surface area contributed by atoms with E-state index >= 15 is 0 Å². The third-order valence-corrected chi connectivity index (χ3v) is 5.65. The minimum absolute atomic E-state index is 0.150. The lowest BCUT2D eigenvalue weighted by atomic mass is 10.1. The minimum Gasteiger partial charge on any atom is -0.360 e. The lowest BCUT2D eigenvalue weighted by Crippen LogP contribution is -2.36. The van der Waals surface area contributed by atoms with E-state index in [4.69, 9.17) is 9.05 Å². The lowest BCUT2D eigenvalue weighted by molar-refractivity contribution is 0.306. The molecule has 0 saturated heterocycles. The van der Waals surface area contributed by atoms with Gasteiger partial charge in [-0.2, -0.15) is 4.31 Å². The summed E-state index contributed by atoms with van der Waals surface area (Å²) in [6.45, 7) is 5.68. The summed E-state index contributed by atoms with van der Waals surface area (Å²) in [5.74, 6) is 0.922. The molecular weight excluding hydrogens is 282 g/mol. The Bertz CT molecular complexity index is 740. The van der Waals surface area contributed by atoms with E-state index < -0.39 is 10.0 Å². The van der Waals surface area contributed by atoms with Gasteiger partial charge in [-0.15, -0.1) is 0 Å². The third kappa shape index (κ3) is 1.87. The normalized spacial score (nSPS) is 16.4. The van der Waals surface area contributed by atoms with Crippen LogP contribution in [-0.4, -0.2) is 29.6 Å². The molecule has 2 aromatic rings. The summed E-state index contributed by atoms with van der Waals surface area (Å²) in [4.78, 5) is 0.150. The van der Waals surface area contributed by atoms with Gasteiger partial charge in [0.1, 0.15) is 10.6 Å². The van der Waals surface area contributed by atoms with Gasteiger partial charge in [-0.1, -0.05) is 10.3 Å². The van der Waals surface area contributed by atoms with Gasteiger partial charge in [0.05, 0.1) is 12.2 Å². The van der Waals surface area contributed by atoms with Crippen LogP contribution in [0, 0.1) is 20.8 Å². The van der Waals surface area contributed by atoms with Gasteiger partial charge in [-0.25, -0.2) is 8.42 Å². The van der Waals surface area contributed by atoms with Gasteiger partial charge in [0.15, 0.2) is 11.5 Å². The Morgan fingerprint density at radius 2 is 1.80 bits per heavy atom. The van der Waals surface area contributed by atoms with Crippen molar-refractivity contribution in [2.24, 2.45) is 0 Å². The fourth-order valence-corrected chi connectivity index (χ4v) is 4.22. The number of nitrogens with zero attached hydrogens (tertiary/aromatic N) is 3. The second-order valence-electron chi connectivity index (χ2n) is 4.91. The number of hydrogen-bond donors (Lipinski definition) is 0. The molecule has 0 saturated carbocycles. The summed E-state index contributed by atoms with van der Waals surface area (Å²) < 4.78 is 36.9. The van der Waals surface area contributed by atoms with Crippen LogP contribution in [0.2, 0.25) is 0 Å². The Labute approximate surface area is 116 Å². The molecule has 0 amide bonds. The first kappa shape index (κ1) is 13.3. The highest BCUT2D eigenvalue weighted by Crippen LogP contribution is 2.29. The molecule has 0 aliphatic carbocycles. The smallest absolute Gasteiger partial charge is 0.248 e. The molecule has 20 heavy (non-hydrogen) atoms. The zero-order chi connectivity index (χ0) is 14.5. The topological polar surface area (TPSA) is 89.4 Å². The van der Waals surface area contributed by atoms with Crippen molar-refractivity contribution in [3.8, 4) is 0 Å². The Morgan fingerprint density at radius 1 is 1.10 bits per heavy atom. The first-order chi connectivity index (χ1) is 9.41. The molecule has 1 aliphatic heterocycles. The van der Waals surface area contributed by atoms with Gasteiger partial charge in [-0.05, 0) is 27.2 Å². The molecule has 0 radical (unpaired) electrons. The van der Waals surface area contributed by atoms with E-state index in [2.05, 4.69) is 10.3 Å². The maximum absolute atomic E-state index is 12.7. The number of fused-ring (bicyclic) bond motifs is 1. The van der Waals surface area contributed by atoms with Crippen molar-refractivity contribution in [2.45, 2.75) is 38.6 Å². The van der Waals surface area contributed by atoms with Gasteiger partial charge in [0.2, 0.25) is 10.0 Å². The van der Waals surface area contributed by atoms with Crippen LogP contribution >= 0.6 is 0 Å². The van der Waals surface area contributed by atoms with Crippen LogP contribution in [-0.2, 0) is 23.0 Å². The average molecular weight is 297 g/mol. The van der Waals surface area contributed by atoms with Crippen molar-refractivity contribution in [1.29, 1.82) is 0 Å². The molecule has 7 nitrogen and oxygen atoms in total. The van der Waals surface area contributed by atoms with Gasteiger partial charge in [0, 0.05) is 12.1 Å². The van der Waals surface area contributed by atoms with Crippen LogP contribution in [0.25, 0.3) is 0 Å². The van der Waals surface area contributed by atoms with E-state index in [0.717, 1.165) is 11.3 Å². The molecule has 0 fully saturated rings. The molecule has 8 heteroatoms. The Kier molecular flexibility index (Phi) is 2.94. The minimum atomic E-state index is -3.62. The molecule has 0 unspecified atom stereocenters. The molecule has 0 bridgehead atoms. The first-order valence-corrected chi connectivity index (χ1v) is 7.72. The summed E-state index contributed by atoms with van der Waals surface area (Å²) >= 11 is 0. The molecule has 108 valence electrons. The SMILES string of the molecule is Cc1noc2c1CCN(S(=O)(=O)c1c(C)noc1C)C2. The molecular formula is C12H15N3O4S. The molecule has 3 rings (SSSR count). The van der Waals surface area contributed by atoms with E-state index in [0.29, 0.717) is 30.2 Å². The third-order valence-electron chi connectivity index (χ3n) is 3.56. The van der Waals surface area contributed by atoms with Crippen molar-refractivity contribution in [1.82, 2.24) is 14.6 Å². The summed E-state index contributed by atoms with van der Waals surface area (Å²) in [5, 5.41) is 7.59. The highest BCUT2D eigenvalue weighted by atomic mass is 32.2. The van der Waals surface area contributed by atoms with Crippen molar-refractivity contribution in [2.75, 3.05) is 6.54 Å². The van der Waals surface area contributed by atoms with Crippen LogP contribution in [0.3, 0.4) is 0 Å². The van der Waals surface area contributed by atoms with Crippen LogP contribution in [0.1, 0.15) is 28.5 Å². The Morgan fingerprint density at radius 3 is 2.45 bits per heavy atom. The lowest BCUT2D eigenvalue weighted by Gasteiger charge is -2.24. The van der Waals surface area contributed by atoms with E-state index in [1.165, 1.54) is 4.31 Å². The molecule has 2 aromatic heterocycles. The predicted molar refractivity (Wildman–Crippen MR) is 68.5 cm³/mol. The van der Waals surface area contributed by atoms with Crippen molar-refractivity contribution in [3.63, 3.8) is 0 Å². The second-order valence-corrected chi connectivity index (χ2v) is 6.79. The highest BCUT2D eigenvalue weighted by Gasteiger charge is 2.35. The number of hydrogen-bond acceptors (Lipinski definition) is 6. The number of rotatable bonds is 2. The molecule has 0 atom stereocenters. The number of aromatic nitrogens is 2. The molecule has 0 aromatic carbocycles. The quantitative estimate of drug-likeness (QED) is 0.831. The number of sulfonamides is 1. The maximum atomic E-state index is 12.7. The Hall–Kier alpha value is -1.67. The molecule has 0 spiro atoms. The molecule has 1 aliphatic rings. The second kappa shape index (κ2) is 4.42. The standard InChI is InChI=1S/C12H15N3O4S/c1-7-10-4-5-15(6-11(10)19-13-7)20(16,17)12-8(2)14-18-9(12)3/h4-6H2,1-3H3. The maximum Gasteiger partial charge on any atom is 0.248 e. The Balaban J connectivity index is 1.99. The molecule has 3 heterocycles. The van der Waals surface area contributed by atoms with Crippen molar-refractivity contribution in [3.05, 3.63) is 28.5 Å². The van der Waals surface area contributed by atoms with Gasteiger partial charge in [-0.3, -0.25) is 0 Å². The van der Waals surface area contributed by atoms with E-state index in [1.54, 1.807) is 13.8 Å². The van der Waals surface area contributed by atoms with E-state index in [1.807, 2.05) is 6.92 Å². The first-order valence-electron chi connectivity index (χ1n) is 6.28. The van der Waals surface area contributed by atoms with Crippen LogP contribution < -0.4 is 0 Å². The zero-order valence-electron chi connectivity index (χ0n) is 11.5. The summed E-state index contributed by atoms with van der Waals surface area (Å²) in [5.41, 5.74) is 2.21. The monoisotopic (exact) mass is 297 g/mol. The largest absolute Gasteiger partial charge is 0.360 e. The summed E-state index contributed by atoms with van der Waals surface area (Å²) in [7, 11) is -3.62. The van der Waals surface area contributed by atoms with Crippen LogP contribution in [0.4, 0.5) is 0 Å². The average Bonchev–Trinajstić information content (AvgIpc) is 2.93. The fraction of sp³-hybridized carbons (Fsp3) is 0.500. The number of aryl methyl sites for hydroxylation is 3. The predicted octanol–water partition coefficient (Wildman–Crippen LogP) is 1.33. The molecule has 0 N–H and O–H groups in total. The fourth-order valence-electron chi connectivity index (χ4n) is 2.53. The summed E-state index contributed by atoms with van der Waals surface area (Å²) in [6, 6.07) is 0. The summed E-state index contributed by atoms with van der Waals surface area (Å²) in [6.07, 6.45) is 0.604. The van der Waals surface area contributed by atoms with Gasteiger partial charge >= 0.3 is 0 Å². The van der Waals surface area contributed by atoms with Gasteiger partial charge in [0.25, 0.3) is 0 Å². The zero-order valence-corrected chi connectivity index (χ0v) is 12.3.